The molecule has 2 amide bonds. The van der Waals surface area contributed by atoms with Crippen LogP contribution in [0.5, 0.6) is 5.75 Å². The molecule has 1 aliphatic heterocycles. The van der Waals surface area contributed by atoms with Crippen molar-refractivity contribution in [3.05, 3.63) is 64.1 Å². The fourth-order valence-corrected chi connectivity index (χ4v) is 3.67. The number of amides is 2. The fraction of sp³-hybridized carbons (Fsp3) is 0.333. The van der Waals surface area contributed by atoms with E-state index in [0.717, 1.165) is 36.0 Å². The van der Waals surface area contributed by atoms with Gasteiger partial charge in [-0.2, -0.15) is 0 Å². The van der Waals surface area contributed by atoms with Crippen LogP contribution in [0.3, 0.4) is 0 Å². The molecule has 0 unspecified atom stereocenters. The second-order valence-electron chi connectivity index (χ2n) is 6.87. The summed E-state index contributed by atoms with van der Waals surface area (Å²) in [6.45, 7) is 2.13. The molecule has 0 saturated carbocycles. The lowest BCUT2D eigenvalue weighted by Gasteiger charge is -2.31. The highest BCUT2D eigenvalue weighted by molar-refractivity contribution is 9.10. The van der Waals surface area contributed by atoms with Gasteiger partial charge >= 0.3 is 0 Å². The predicted molar refractivity (Wildman–Crippen MR) is 111 cm³/mol. The quantitative estimate of drug-likeness (QED) is 0.685. The molecule has 0 spiro atoms. The largest absolute Gasteiger partial charge is 0.488 e. The fourth-order valence-electron chi connectivity index (χ4n) is 3.27. The number of nitrogens with zero attached hydrogens (tertiary/aromatic N) is 1. The number of ether oxygens (including phenoxy) is 1. The summed E-state index contributed by atoms with van der Waals surface area (Å²) in [6, 6.07) is 15.2. The molecule has 0 bridgehead atoms. The number of nitrogens with one attached hydrogen (secondary N) is 1. The van der Waals surface area contributed by atoms with E-state index in [9.17, 15) is 9.59 Å². The molecule has 0 aliphatic carbocycles. The molecule has 3 N–H and O–H groups in total. The van der Waals surface area contributed by atoms with Crippen molar-refractivity contribution in [1.29, 1.82) is 0 Å². The van der Waals surface area contributed by atoms with E-state index in [1.807, 2.05) is 41.3 Å². The molecular formula is C21H24BrN3O3. The monoisotopic (exact) mass is 445 g/mol. The number of hydrogen-bond acceptors (Lipinski definition) is 4. The van der Waals surface area contributed by atoms with Gasteiger partial charge in [-0.3, -0.25) is 14.5 Å². The van der Waals surface area contributed by atoms with E-state index >= 15 is 0 Å². The Balaban J connectivity index is 1.59. The van der Waals surface area contributed by atoms with Crippen LogP contribution in [0.15, 0.2) is 53.0 Å². The number of piperidine rings is 1. The number of benzene rings is 2. The zero-order chi connectivity index (χ0) is 19.9. The van der Waals surface area contributed by atoms with Crippen molar-refractivity contribution in [2.24, 2.45) is 5.73 Å². The molecule has 2 aromatic rings. The van der Waals surface area contributed by atoms with E-state index in [2.05, 4.69) is 21.2 Å². The predicted octanol–water partition coefficient (Wildman–Crippen LogP) is 2.71. The number of carbonyl (C=O) groups excluding carboxylic acids is 2. The summed E-state index contributed by atoms with van der Waals surface area (Å²) in [5.41, 5.74) is 6.78. The van der Waals surface area contributed by atoms with Gasteiger partial charge in [0.15, 0.2) is 0 Å². The van der Waals surface area contributed by atoms with E-state index in [-0.39, 0.29) is 24.4 Å². The maximum atomic E-state index is 12.8. The first-order valence-corrected chi connectivity index (χ1v) is 10.1. The van der Waals surface area contributed by atoms with Gasteiger partial charge in [-0.25, -0.2) is 0 Å². The zero-order valence-electron chi connectivity index (χ0n) is 15.6. The van der Waals surface area contributed by atoms with Crippen LogP contribution in [0.1, 0.15) is 28.8 Å². The number of rotatable bonds is 7. The summed E-state index contributed by atoms with van der Waals surface area (Å²) in [5, 5.41) is 3.09. The molecule has 3 rings (SSSR count). The van der Waals surface area contributed by atoms with Crippen molar-refractivity contribution in [1.82, 2.24) is 10.2 Å². The van der Waals surface area contributed by atoms with Gasteiger partial charge in [-0.1, -0.05) is 46.3 Å². The SMILES string of the molecule is NC(=O)CN1CCC(NC(=O)c2ccccc2OCc2ccccc2Br)CC1. The van der Waals surface area contributed by atoms with Crippen LogP contribution in [0.25, 0.3) is 0 Å². The molecule has 0 atom stereocenters. The number of primary amides is 1. The van der Waals surface area contributed by atoms with Gasteiger partial charge in [0.05, 0.1) is 12.1 Å². The molecule has 28 heavy (non-hydrogen) atoms. The number of likely N-dealkylation sites (tertiary alicyclic amines) is 1. The molecule has 148 valence electrons. The standard InChI is InChI=1S/C21H24BrN3O3/c22-18-7-3-1-5-15(18)14-28-19-8-4-2-6-17(19)21(27)24-16-9-11-25(12-10-16)13-20(23)26/h1-8,16H,9-14H2,(H2,23,26)(H,24,27). The summed E-state index contributed by atoms with van der Waals surface area (Å²) >= 11 is 3.51. The third-order valence-electron chi connectivity index (χ3n) is 4.77. The van der Waals surface area contributed by atoms with E-state index in [0.29, 0.717) is 17.9 Å². The van der Waals surface area contributed by atoms with Crippen LogP contribution in [-0.2, 0) is 11.4 Å². The average Bonchev–Trinajstić information content (AvgIpc) is 2.69. The first-order valence-electron chi connectivity index (χ1n) is 9.29. The Morgan fingerprint density at radius 1 is 1.11 bits per heavy atom. The normalized spacial score (nSPS) is 15.2. The average molecular weight is 446 g/mol. The molecule has 0 aromatic heterocycles. The van der Waals surface area contributed by atoms with Crippen LogP contribution in [0, 0.1) is 0 Å². The lowest BCUT2D eigenvalue weighted by atomic mass is 10.0. The van der Waals surface area contributed by atoms with Gasteiger partial charge in [-0.15, -0.1) is 0 Å². The lowest BCUT2D eigenvalue weighted by molar-refractivity contribution is -0.119. The van der Waals surface area contributed by atoms with Crippen molar-refractivity contribution >= 4 is 27.7 Å². The highest BCUT2D eigenvalue weighted by Crippen LogP contribution is 2.23. The Labute approximate surface area is 173 Å². The number of hydrogen-bond donors (Lipinski definition) is 2. The van der Waals surface area contributed by atoms with Crippen molar-refractivity contribution in [2.45, 2.75) is 25.5 Å². The van der Waals surface area contributed by atoms with E-state index in [1.165, 1.54) is 0 Å². The van der Waals surface area contributed by atoms with Gasteiger partial charge in [-0.05, 0) is 31.0 Å². The molecule has 2 aromatic carbocycles. The third-order valence-corrected chi connectivity index (χ3v) is 5.55. The Hall–Kier alpha value is -2.38. The van der Waals surface area contributed by atoms with Gasteiger partial charge in [0, 0.05) is 29.2 Å². The van der Waals surface area contributed by atoms with Crippen molar-refractivity contribution in [3.8, 4) is 5.75 Å². The highest BCUT2D eigenvalue weighted by Gasteiger charge is 2.23. The molecular weight excluding hydrogens is 422 g/mol. The first kappa shape index (κ1) is 20.4. The maximum Gasteiger partial charge on any atom is 0.255 e. The highest BCUT2D eigenvalue weighted by atomic mass is 79.9. The van der Waals surface area contributed by atoms with E-state index in [1.54, 1.807) is 12.1 Å². The summed E-state index contributed by atoms with van der Waals surface area (Å²) in [4.78, 5) is 25.8. The summed E-state index contributed by atoms with van der Waals surface area (Å²) < 4.78 is 6.90. The van der Waals surface area contributed by atoms with Crippen LogP contribution in [-0.4, -0.2) is 42.4 Å². The minimum absolute atomic E-state index is 0.0768. The molecule has 0 radical (unpaired) electrons. The van der Waals surface area contributed by atoms with E-state index < -0.39 is 0 Å². The Kier molecular flexibility index (Phi) is 7.06. The number of para-hydroxylation sites is 1. The Morgan fingerprint density at radius 3 is 2.50 bits per heavy atom. The number of carbonyl (C=O) groups is 2. The molecule has 6 nitrogen and oxygen atoms in total. The van der Waals surface area contributed by atoms with Crippen LogP contribution >= 0.6 is 15.9 Å². The van der Waals surface area contributed by atoms with Gasteiger partial charge in [0.25, 0.3) is 5.91 Å². The number of nitrogens with two attached hydrogens (primary N) is 1. The molecule has 7 heteroatoms. The molecule has 1 heterocycles. The van der Waals surface area contributed by atoms with Gasteiger partial charge in [0.1, 0.15) is 12.4 Å². The van der Waals surface area contributed by atoms with E-state index in [4.69, 9.17) is 10.5 Å². The zero-order valence-corrected chi connectivity index (χ0v) is 17.2. The molecule has 1 aliphatic rings. The summed E-state index contributed by atoms with van der Waals surface area (Å²) in [7, 11) is 0. The lowest BCUT2D eigenvalue weighted by Crippen LogP contribution is -2.46. The maximum absolute atomic E-state index is 12.8. The Bertz CT molecular complexity index is 835. The summed E-state index contributed by atoms with van der Waals surface area (Å²) in [5.74, 6) is 0.0941. The first-order chi connectivity index (χ1) is 13.5. The van der Waals surface area contributed by atoms with Crippen molar-refractivity contribution in [2.75, 3.05) is 19.6 Å². The minimum atomic E-state index is -0.321. The van der Waals surface area contributed by atoms with Crippen LogP contribution < -0.4 is 15.8 Å². The van der Waals surface area contributed by atoms with Crippen LogP contribution in [0.4, 0.5) is 0 Å². The van der Waals surface area contributed by atoms with Crippen LogP contribution in [0.2, 0.25) is 0 Å². The second-order valence-corrected chi connectivity index (χ2v) is 7.72. The smallest absolute Gasteiger partial charge is 0.255 e. The Morgan fingerprint density at radius 2 is 1.79 bits per heavy atom. The third kappa shape index (κ3) is 5.56. The molecule has 1 fully saturated rings. The van der Waals surface area contributed by atoms with Crippen molar-refractivity contribution in [3.63, 3.8) is 0 Å². The molecule has 1 saturated heterocycles. The van der Waals surface area contributed by atoms with Crippen molar-refractivity contribution < 1.29 is 14.3 Å². The second kappa shape index (κ2) is 9.71. The van der Waals surface area contributed by atoms with Gasteiger partial charge < -0.3 is 15.8 Å². The number of halogens is 1. The topological polar surface area (TPSA) is 84.7 Å². The summed E-state index contributed by atoms with van der Waals surface area (Å²) in [6.07, 6.45) is 1.58. The van der Waals surface area contributed by atoms with Gasteiger partial charge in [0.2, 0.25) is 5.91 Å². The minimum Gasteiger partial charge on any atom is -0.488 e.